The van der Waals surface area contributed by atoms with Crippen molar-refractivity contribution in [3.63, 3.8) is 0 Å². The van der Waals surface area contributed by atoms with E-state index in [0.29, 0.717) is 6.54 Å². The maximum Gasteiger partial charge on any atom is 0.0909 e. The summed E-state index contributed by atoms with van der Waals surface area (Å²) >= 11 is 0. The third-order valence-corrected chi connectivity index (χ3v) is 3.75. The molecule has 0 heterocycles. The maximum absolute atomic E-state index is 10.6. The van der Waals surface area contributed by atoms with Gasteiger partial charge in [0.2, 0.25) is 0 Å². The largest absolute Gasteiger partial charge is 0.389 e. The Balaban J connectivity index is 2.35. The number of hydrogen-bond acceptors (Lipinski definition) is 3. The van der Waals surface area contributed by atoms with E-state index in [1.54, 1.807) is 0 Å². The molecule has 0 spiro atoms. The van der Waals surface area contributed by atoms with Crippen molar-refractivity contribution in [1.29, 1.82) is 0 Å². The second-order valence-electron chi connectivity index (χ2n) is 5.43. The number of hydrogen-bond donors (Lipinski definition) is 2. The molecule has 2 rings (SSSR count). The monoisotopic (exact) mass is 284 g/mol. The summed E-state index contributed by atoms with van der Waals surface area (Å²) in [7, 11) is 3.89. The minimum absolute atomic E-state index is 0.0829. The van der Waals surface area contributed by atoms with Gasteiger partial charge in [0.1, 0.15) is 0 Å². The van der Waals surface area contributed by atoms with Gasteiger partial charge >= 0.3 is 0 Å². The minimum atomic E-state index is -0.483. The Morgan fingerprint density at radius 2 is 1.81 bits per heavy atom. The smallest absolute Gasteiger partial charge is 0.0909 e. The topological polar surface area (TPSA) is 35.5 Å². The molecule has 0 aliphatic heterocycles. The van der Waals surface area contributed by atoms with Crippen molar-refractivity contribution in [2.45, 2.75) is 19.1 Å². The first-order valence-electron chi connectivity index (χ1n) is 7.30. The summed E-state index contributed by atoms with van der Waals surface area (Å²) in [5, 5.41) is 13.6. The Kier molecular flexibility index (Phi) is 5.37. The molecule has 0 unspecified atom stereocenters. The molecule has 3 heteroatoms. The van der Waals surface area contributed by atoms with Crippen molar-refractivity contribution in [2.75, 3.05) is 25.5 Å². The number of aliphatic hydroxyl groups excluding tert-OH is 1. The van der Waals surface area contributed by atoms with Gasteiger partial charge in [0, 0.05) is 19.3 Å². The Hall–Kier alpha value is -1.84. The van der Waals surface area contributed by atoms with E-state index in [4.69, 9.17) is 0 Å². The molecule has 0 aliphatic rings. The highest BCUT2D eigenvalue weighted by Gasteiger charge is 2.25. The number of rotatable bonds is 6. The molecule has 2 aromatic carbocycles. The maximum atomic E-state index is 10.6. The van der Waals surface area contributed by atoms with Gasteiger partial charge in [-0.3, -0.25) is 0 Å². The molecule has 0 fully saturated rings. The highest BCUT2D eigenvalue weighted by Crippen LogP contribution is 2.28. The summed E-state index contributed by atoms with van der Waals surface area (Å²) in [6.07, 6.45) is -0.483. The van der Waals surface area contributed by atoms with Crippen LogP contribution in [0.1, 0.15) is 17.2 Å². The van der Waals surface area contributed by atoms with Crippen molar-refractivity contribution in [1.82, 2.24) is 5.32 Å². The zero-order valence-electron chi connectivity index (χ0n) is 13.0. The van der Waals surface area contributed by atoms with E-state index in [-0.39, 0.29) is 6.04 Å². The van der Waals surface area contributed by atoms with Crippen LogP contribution in [0.4, 0.5) is 5.69 Å². The summed E-state index contributed by atoms with van der Waals surface area (Å²) in [5.41, 5.74) is 3.44. The van der Waals surface area contributed by atoms with Crippen LogP contribution in [0.3, 0.4) is 0 Å². The minimum Gasteiger partial charge on any atom is -0.389 e. The van der Waals surface area contributed by atoms with E-state index in [9.17, 15) is 5.11 Å². The van der Waals surface area contributed by atoms with E-state index in [2.05, 4.69) is 47.5 Å². The molecule has 2 aromatic rings. The van der Waals surface area contributed by atoms with Gasteiger partial charge in [0.15, 0.2) is 0 Å². The van der Waals surface area contributed by atoms with Crippen LogP contribution in [0, 0.1) is 6.92 Å². The van der Waals surface area contributed by atoms with Crippen molar-refractivity contribution in [2.24, 2.45) is 0 Å². The first-order chi connectivity index (χ1) is 10.1. The van der Waals surface area contributed by atoms with Crippen molar-refractivity contribution < 1.29 is 5.11 Å². The summed E-state index contributed by atoms with van der Waals surface area (Å²) < 4.78 is 0. The molecule has 2 N–H and O–H groups in total. The summed E-state index contributed by atoms with van der Waals surface area (Å²) in [6, 6.07) is 18.4. The predicted molar refractivity (Wildman–Crippen MR) is 88.7 cm³/mol. The Labute approximate surface area is 127 Å². The molecule has 3 nitrogen and oxygen atoms in total. The van der Waals surface area contributed by atoms with Crippen molar-refractivity contribution in [3.05, 3.63) is 65.7 Å². The van der Waals surface area contributed by atoms with Crippen molar-refractivity contribution >= 4 is 5.69 Å². The van der Waals surface area contributed by atoms with Crippen LogP contribution in [0.15, 0.2) is 54.6 Å². The Morgan fingerprint density at radius 1 is 1.10 bits per heavy atom. The normalized spacial score (nSPS) is 13.7. The zero-order chi connectivity index (χ0) is 15.2. The van der Waals surface area contributed by atoms with E-state index in [1.165, 1.54) is 5.56 Å². The van der Waals surface area contributed by atoms with Gasteiger partial charge in [-0.15, -0.1) is 0 Å². The van der Waals surface area contributed by atoms with Gasteiger partial charge in [-0.05, 0) is 37.2 Å². The summed E-state index contributed by atoms with van der Waals surface area (Å²) in [5.74, 6) is 0. The molecule has 2 atom stereocenters. The standard InChI is InChI=1S/C18H24N2O/c1-14-8-7-11-16(12-14)20(3)18(17(21)13-19-2)15-9-5-4-6-10-15/h4-12,17-19,21H,13H2,1-3H3/t17-,18+/m1/s1. The van der Waals surface area contributed by atoms with Gasteiger partial charge < -0.3 is 15.3 Å². The number of likely N-dealkylation sites (N-methyl/N-ethyl adjacent to an activating group) is 2. The lowest BCUT2D eigenvalue weighted by molar-refractivity contribution is 0.142. The van der Waals surface area contributed by atoms with Crippen LogP contribution in [0.5, 0.6) is 0 Å². The third kappa shape index (κ3) is 3.84. The summed E-state index contributed by atoms with van der Waals surface area (Å²) in [4.78, 5) is 2.14. The highest BCUT2D eigenvalue weighted by molar-refractivity contribution is 5.50. The molecule has 21 heavy (non-hydrogen) atoms. The average Bonchev–Trinajstić information content (AvgIpc) is 2.49. The number of nitrogens with one attached hydrogen (secondary N) is 1. The molecule has 0 amide bonds. The van der Waals surface area contributed by atoms with E-state index in [0.717, 1.165) is 11.3 Å². The number of aliphatic hydroxyl groups is 1. The van der Waals surface area contributed by atoms with Gasteiger partial charge in [0.25, 0.3) is 0 Å². The van der Waals surface area contributed by atoms with E-state index < -0.39 is 6.10 Å². The average molecular weight is 284 g/mol. The van der Waals surface area contributed by atoms with Crippen LogP contribution in [0.25, 0.3) is 0 Å². The lowest BCUT2D eigenvalue weighted by Gasteiger charge is -2.34. The van der Waals surface area contributed by atoms with Crippen LogP contribution in [-0.2, 0) is 0 Å². The molecule has 0 bridgehead atoms. The van der Waals surface area contributed by atoms with Crippen LogP contribution in [0.2, 0.25) is 0 Å². The lowest BCUT2D eigenvalue weighted by atomic mass is 9.99. The van der Waals surface area contributed by atoms with E-state index >= 15 is 0 Å². The van der Waals surface area contributed by atoms with E-state index in [1.807, 2.05) is 38.4 Å². The second kappa shape index (κ2) is 7.25. The SMILES string of the molecule is CNC[C@@H](O)[C@H](c1ccccc1)N(C)c1cccc(C)c1. The fourth-order valence-corrected chi connectivity index (χ4v) is 2.68. The third-order valence-electron chi connectivity index (χ3n) is 3.75. The first kappa shape index (κ1) is 15.5. The molecular weight excluding hydrogens is 260 g/mol. The van der Waals surface area contributed by atoms with Gasteiger partial charge in [-0.25, -0.2) is 0 Å². The number of anilines is 1. The van der Waals surface area contributed by atoms with Crippen LogP contribution < -0.4 is 10.2 Å². The van der Waals surface area contributed by atoms with Crippen LogP contribution >= 0.6 is 0 Å². The van der Waals surface area contributed by atoms with Crippen LogP contribution in [-0.4, -0.2) is 31.9 Å². The molecule has 0 aromatic heterocycles. The highest BCUT2D eigenvalue weighted by atomic mass is 16.3. The molecule has 0 aliphatic carbocycles. The number of nitrogens with zero attached hydrogens (tertiary/aromatic N) is 1. The molecule has 0 saturated carbocycles. The lowest BCUT2D eigenvalue weighted by Crippen LogP contribution is -2.39. The zero-order valence-corrected chi connectivity index (χ0v) is 13.0. The van der Waals surface area contributed by atoms with Gasteiger partial charge in [0.05, 0.1) is 12.1 Å². The number of benzene rings is 2. The molecule has 0 radical (unpaired) electrons. The van der Waals surface area contributed by atoms with Gasteiger partial charge in [-0.2, -0.15) is 0 Å². The van der Waals surface area contributed by atoms with Crippen molar-refractivity contribution in [3.8, 4) is 0 Å². The predicted octanol–water partition coefficient (Wildman–Crippen LogP) is 2.75. The Bertz CT molecular complexity index is 556. The summed E-state index contributed by atoms with van der Waals surface area (Å²) in [6.45, 7) is 2.63. The molecule has 112 valence electrons. The Morgan fingerprint density at radius 3 is 2.43 bits per heavy atom. The molecule has 0 saturated heterocycles. The van der Waals surface area contributed by atoms with Gasteiger partial charge in [-0.1, -0.05) is 42.5 Å². The first-order valence-corrected chi connectivity index (χ1v) is 7.30. The fourth-order valence-electron chi connectivity index (χ4n) is 2.68. The second-order valence-corrected chi connectivity index (χ2v) is 5.43. The molecular formula is C18H24N2O. The quantitative estimate of drug-likeness (QED) is 0.856. The number of aryl methyl sites for hydroxylation is 1. The fraction of sp³-hybridized carbons (Fsp3) is 0.333.